The average Bonchev–Trinajstić information content (AvgIpc) is 3.69. The molecule has 41 heavy (non-hydrogen) atoms. The van der Waals surface area contributed by atoms with Gasteiger partial charge in [0.15, 0.2) is 10.8 Å². The Hall–Kier alpha value is -3.55. The lowest BCUT2D eigenvalue weighted by Gasteiger charge is -2.38. The lowest BCUT2D eigenvalue weighted by Crippen LogP contribution is -2.53. The summed E-state index contributed by atoms with van der Waals surface area (Å²) in [5.41, 5.74) is 0.811. The highest BCUT2D eigenvalue weighted by Crippen LogP contribution is 2.37. The Balaban J connectivity index is 1.25. The number of nitrogens with zero attached hydrogens (tertiary/aromatic N) is 5. The van der Waals surface area contributed by atoms with Crippen molar-refractivity contribution in [3.8, 4) is 0 Å². The molecule has 3 N–H and O–H groups in total. The summed E-state index contributed by atoms with van der Waals surface area (Å²) in [6, 6.07) is 2.61. The Bertz CT molecular complexity index is 1450. The molecule has 4 heterocycles. The van der Waals surface area contributed by atoms with E-state index in [2.05, 4.69) is 20.2 Å². The normalized spacial score (nSPS) is 26.7. The molecule has 2 aromatic rings. The number of amidine groups is 1. The molecule has 3 aliphatic heterocycles. The van der Waals surface area contributed by atoms with E-state index in [-0.39, 0.29) is 35.3 Å². The highest BCUT2D eigenvalue weighted by molar-refractivity contribution is 7.11. The van der Waals surface area contributed by atoms with Crippen molar-refractivity contribution in [1.82, 2.24) is 25.0 Å². The summed E-state index contributed by atoms with van der Waals surface area (Å²) in [4.78, 5) is 52.0. The molecule has 2 saturated heterocycles. The van der Waals surface area contributed by atoms with Gasteiger partial charge in [-0.05, 0) is 31.4 Å². The summed E-state index contributed by atoms with van der Waals surface area (Å²) in [5.74, 6) is -2.54. The first kappa shape index (κ1) is 27.6. The summed E-state index contributed by atoms with van der Waals surface area (Å²) >= 11 is 7.72. The SMILES string of the molecule is O=C(O)C1=C(CN2CCN3C(=O)N([C@@H]4CC[C@H](C(=O)O)C4)C[C@@H]3C2)NC(c2nccs2)=N[C@H]1c1ccc(F)cc1Cl. The molecular formula is C27H28ClFN6O5S. The first-order valence-corrected chi connectivity index (χ1v) is 14.6. The van der Waals surface area contributed by atoms with E-state index >= 15 is 0 Å². The van der Waals surface area contributed by atoms with Crippen molar-refractivity contribution in [3.05, 3.63) is 62.5 Å². The molecule has 1 saturated carbocycles. The van der Waals surface area contributed by atoms with Crippen molar-refractivity contribution in [2.75, 3.05) is 32.7 Å². The number of aliphatic carboxylic acids is 2. The van der Waals surface area contributed by atoms with Crippen LogP contribution < -0.4 is 5.32 Å². The number of carboxylic acid groups (broad SMARTS) is 2. The maximum Gasteiger partial charge on any atom is 0.335 e. The van der Waals surface area contributed by atoms with Gasteiger partial charge in [-0.15, -0.1) is 11.3 Å². The van der Waals surface area contributed by atoms with Crippen LogP contribution in [0.5, 0.6) is 0 Å². The third-order valence-corrected chi connectivity index (χ3v) is 9.40. The molecule has 216 valence electrons. The Labute approximate surface area is 243 Å². The fourth-order valence-electron chi connectivity index (χ4n) is 6.30. The minimum absolute atomic E-state index is 0.0102. The zero-order valence-corrected chi connectivity index (χ0v) is 23.4. The molecule has 0 bridgehead atoms. The summed E-state index contributed by atoms with van der Waals surface area (Å²) in [5, 5.41) is 25.3. The largest absolute Gasteiger partial charge is 0.481 e. The van der Waals surface area contributed by atoms with Crippen LogP contribution in [-0.2, 0) is 9.59 Å². The fourth-order valence-corrected chi connectivity index (χ4v) is 7.16. The van der Waals surface area contributed by atoms with Gasteiger partial charge in [-0.25, -0.2) is 19.0 Å². The highest BCUT2D eigenvalue weighted by Gasteiger charge is 2.46. The van der Waals surface area contributed by atoms with E-state index in [0.29, 0.717) is 67.5 Å². The maximum absolute atomic E-state index is 13.8. The topological polar surface area (TPSA) is 139 Å². The van der Waals surface area contributed by atoms with Crippen molar-refractivity contribution in [3.63, 3.8) is 0 Å². The first-order valence-electron chi connectivity index (χ1n) is 13.4. The Morgan fingerprint density at radius 3 is 2.66 bits per heavy atom. The van der Waals surface area contributed by atoms with Crippen LogP contribution in [0, 0.1) is 11.7 Å². The Kier molecular flexibility index (Phi) is 7.43. The second kappa shape index (κ2) is 11.0. The molecule has 6 rings (SSSR count). The third kappa shape index (κ3) is 5.29. The number of hydrogen-bond acceptors (Lipinski definition) is 8. The van der Waals surface area contributed by atoms with Gasteiger partial charge in [0.2, 0.25) is 0 Å². The van der Waals surface area contributed by atoms with Crippen molar-refractivity contribution in [2.45, 2.75) is 37.4 Å². The summed E-state index contributed by atoms with van der Waals surface area (Å²) in [6.07, 6.45) is 3.35. The molecule has 4 aliphatic rings. The van der Waals surface area contributed by atoms with Gasteiger partial charge in [0.05, 0.1) is 17.5 Å². The van der Waals surface area contributed by atoms with Crippen LogP contribution >= 0.6 is 22.9 Å². The molecule has 1 aromatic heterocycles. The summed E-state index contributed by atoms with van der Waals surface area (Å²) in [7, 11) is 0. The number of aliphatic imine (C=N–C) groups is 1. The van der Waals surface area contributed by atoms with E-state index in [4.69, 9.17) is 11.6 Å². The number of urea groups is 1. The highest BCUT2D eigenvalue weighted by atomic mass is 35.5. The van der Waals surface area contributed by atoms with Gasteiger partial charge in [0.1, 0.15) is 11.9 Å². The molecule has 1 aromatic carbocycles. The van der Waals surface area contributed by atoms with E-state index in [1.54, 1.807) is 11.6 Å². The van der Waals surface area contributed by atoms with Gasteiger partial charge in [0, 0.05) is 66.6 Å². The summed E-state index contributed by atoms with van der Waals surface area (Å²) in [6.45, 7) is 2.30. The van der Waals surface area contributed by atoms with Gasteiger partial charge >= 0.3 is 18.0 Å². The number of halogens is 2. The van der Waals surface area contributed by atoms with Crippen molar-refractivity contribution in [2.24, 2.45) is 10.9 Å². The minimum Gasteiger partial charge on any atom is -0.481 e. The van der Waals surface area contributed by atoms with Crippen LogP contribution in [0.3, 0.4) is 0 Å². The molecule has 14 heteroatoms. The fraction of sp³-hybridized carbons (Fsp3) is 0.444. The van der Waals surface area contributed by atoms with Crippen LogP contribution in [0.4, 0.5) is 9.18 Å². The van der Waals surface area contributed by atoms with E-state index in [1.165, 1.54) is 23.5 Å². The predicted octanol–water partition coefficient (Wildman–Crippen LogP) is 3.04. The van der Waals surface area contributed by atoms with Gasteiger partial charge < -0.3 is 25.3 Å². The van der Waals surface area contributed by atoms with Crippen molar-refractivity contribution in [1.29, 1.82) is 0 Å². The van der Waals surface area contributed by atoms with E-state index in [9.17, 15) is 29.0 Å². The van der Waals surface area contributed by atoms with Crippen LogP contribution in [0.25, 0.3) is 0 Å². The number of nitrogens with one attached hydrogen (secondary N) is 1. The monoisotopic (exact) mass is 602 g/mol. The molecule has 1 aliphatic carbocycles. The Morgan fingerprint density at radius 1 is 1.15 bits per heavy atom. The van der Waals surface area contributed by atoms with Gasteiger partial charge in [-0.2, -0.15) is 0 Å². The molecular weight excluding hydrogens is 575 g/mol. The van der Waals surface area contributed by atoms with E-state index in [0.717, 1.165) is 6.07 Å². The standard InChI is InChI=1S/C27H28ClFN6O5S/c28-19-10-15(29)2-4-18(19)22-21(26(38)39)20(31-23(32-22)24-30-5-8-41-24)13-33-6-7-34-17(11-33)12-35(27(34)40)16-3-1-14(9-16)25(36)37/h2,4-5,8,10,14,16-17,22H,1,3,6-7,9,11-13H2,(H,31,32)(H,36,37)(H,38,39)/t14-,16+,17-,22-/m0/s1. The number of hydrogen-bond donors (Lipinski definition) is 3. The van der Waals surface area contributed by atoms with Gasteiger partial charge in [-0.3, -0.25) is 14.7 Å². The molecule has 2 amide bonds. The molecule has 0 radical (unpaired) electrons. The number of carboxylic acids is 2. The van der Waals surface area contributed by atoms with Crippen molar-refractivity contribution < 1.29 is 29.0 Å². The maximum atomic E-state index is 13.8. The number of carbonyl (C=O) groups is 3. The second-order valence-electron chi connectivity index (χ2n) is 10.7. The zero-order valence-electron chi connectivity index (χ0n) is 21.9. The smallest absolute Gasteiger partial charge is 0.335 e. The van der Waals surface area contributed by atoms with E-state index < -0.39 is 29.7 Å². The van der Waals surface area contributed by atoms with Gasteiger partial charge in [-0.1, -0.05) is 17.7 Å². The number of thiazole rings is 1. The lowest BCUT2D eigenvalue weighted by atomic mass is 9.95. The average molecular weight is 603 g/mol. The molecule has 11 nitrogen and oxygen atoms in total. The number of aromatic nitrogens is 1. The van der Waals surface area contributed by atoms with Crippen molar-refractivity contribution >= 4 is 46.7 Å². The number of rotatable bonds is 7. The quantitative estimate of drug-likeness (QED) is 0.440. The van der Waals surface area contributed by atoms with Crippen LogP contribution in [-0.4, -0.2) is 98.5 Å². The second-order valence-corrected chi connectivity index (χ2v) is 12.0. The summed E-state index contributed by atoms with van der Waals surface area (Å²) < 4.78 is 13.8. The zero-order chi connectivity index (χ0) is 28.8. The number of benzene rings is 1. The molecule has 0 spiro atoms. The van der Waals surface area contributed by atoms with E-state index in [1.807, 2.05) is 9.80 Å². The minimum atomic E-state index is -1.17. The lowest BCUT2D eigenvalue weighted by molar-refractivity contribution is -0.141. The van der Waals surface area contributed by atoms with Crippen LogP contribution in [0.15, 0.2) is 46.0 Å². The number of fused-ring (bicyclic) bond motifs is 1. The van der Waals surface area contributed by atoms with Crippen LogP contribution in [0.1, 0.15) is 35.9 Å². The number of carbonyl (C=O) groups excluding carboxylic acids is 1. The first-order chi connectivity index (χ1) is 19.7. The van der Waals surface area contributed by atoms with Crippen LogP contribution in [0.2, 0.25) is 5.02 Å². The van der Waals surface area contributed by atoms with Gasteiger partial charge in [0.25, 0.3) is 0 Å². The molecule has 3 fully saturated rings. The molecule has 4 atom stereocenters. The third-order valence-electron chi connectivity index (χ3n) is 8.29. The molecule has 0 unspecified atom stereocenters. The number of piperazine rings is 1. The predicted molar refractivity (Wildman–Crippen MR) is 148 cm³/mol. The Morgan fingerprint density at radius 2 is 1.98 bits per heavy atom. The number of amides is 2.